The van der Waals surface area contributed by atoms with Crippen molar-refractivity contribution < 1.29 is 42.6 Å². The molecule has 3 aromatic rings. The molecule has 6 aliphatic rings. The average Bonchev–Trinajstić information content (AvgIpc) is 4.02. The highest BCUT2D eigenvalue weighted by Gasteiger charge is 2.56. The van der Waals surface area contributed by atoms with Crippen molar-refractivity contribution in [2.75, 3.05) is 67.0 Å². The Morgan fingerprint density at radius 1 is 1.00 bits per heavy atom. The second-order valence-corrected chi connectivity index (χ2v) is 19.3. The first-order valence-electron chi connectivity index (χ1n) is 23.4. The number of carbonyl (C=O) groups is 5. The summed E-state index contributed by atoms with van der Waals surface area (Å²) in [7, 11) is 3.29. The monoisotopic (exact) mass is 911 g/mol. The average molecular weight is 912 g/mol. The van der Waals surface area contributed by atoms with Crippen LogP contribution in [-0.2, 0) is 19.2 Å². The quantitative estimate of drug-likeness (QED) is 0.172. The number of fused-ring (bicyclic) bond motifs is 1. The van der Waals surface area contributed by atoms with Crippen LogP contribution in [0.4, 0.5) is 37.6 Å². The Bertz CT molecular complexity index is 2390. The van der Waals surface area contributed by atoms with Crippen LogP contribution in [0.3, 0.4) is 0 Å². The van der Waals surface area contributed by atoms with Gasteiger partial charge in [0.15, 0.2) is 5.82 Å². The van der Waals surface area contributed by atoms with Gasteiger partial charge in [-0.15, -0.1) is 0 Å². The summed E-state index contributed by atoms with van der Waals surface area (Å²) in [5, 5.41) is 18.8. The summed E-state index contributed by atoms with van der Waals surface area (Å²) in [5.74, 6) is -3.05. The number of aliphatic hydroxyl groups is 1. The van der Waals surface area contributed by atoms with Crippen LogP contribution >= 0.6 is 0 Å². The third-order valence-corrected chi connectivity index (χ3v) is 15.2. The molecular weight excluding hydrogens is 853 g/mol. The van der Waals surface area contributed by atoms with Gasteiger partial charge in [-0.05, 0) is 100.0 Å². The van der Waals surface area contributed by atoms with E-state index in [-0.39, 0.29) is 66.2 Å². The number of methoxy groups -OCH3 is 1. The zero-order valence-electron chi connectivity index (χ0n) is 37.8. The predicted octanol–water partition coefficient (Wildman–Crippen LogP) is 5.31. The van der Waals surface area contributed by atoms with Crippen molar-refractivity contribution in [1.82, 2.24) is 25.5 Å². The summed E-state index contributed by atoms with van der Waals surface area (Å²) in [6.07, 6.45) is 10.4. The molecule has 0 bridgehead atoms. The van der Waals surface area contributed by atoms with Gasteiger partial charge in [-0.1, -0.05) is 19.8 Å². The number of rotatable bonds is 12. The van der Waals surface area contributed by atoms with Crippen molar-refractivity contribution in [3.05, 3.63) is 59.3 Å². The van der Waals surface area contributed by atoms with Crippen LogP contribution in [0, 0.1) is 23.0 Å². The number of halogens is 2. The lowest BCUT2D eigenvalue weighted by Crippen LogP contribution is -2.64. The molecule has 352 valence electrons. The molecule has 5 amide bonds. The summed E-state index contributed by atoms with van der Waals surface area (Å²) in [6.45, 7) is 3.79. The molecule has 5 fully saturated rings. The minimum absolute atomic E-state index is 0.00745. The molecule has 18 heteroatoms. The van der Waals surface area contributed by atoms with E-state index in [0.29, 0.717) is 92.6 Å². The van der Waals surface area contributed by atoms with E-state index >= 15 is 8.78 Å². The van der Waals surface area contributed by atoms with Gasteiger partial charge in [-0.25, -0.2) is 13.8 Å². The van der Waals surface area contributed by atoms with Crippen LogP contribution in [0.1, 0.15) is 112 Å². The van der Waals surface area contributed by atoms with Crippen molar-refractivity contribution in [1.29, 1.82) is 0 Å². The van der Waals surface area contributed by atoms with Crippen LogP contribution < -0.4 is 35.4 Å². The van der Waals surface area contributed by atoms with E-state index in [2.05, 4.69) is 25.8 Å². The van der Waals surface area contributed by atoms with E-state index in [0.717, 1.165) is 44.3 Å². The van der Waals surface area contributed by atoms with Crippen LogP contribution in [0.5, 0.6) is 5.75 Å². The fourth-order valence-corrected chi connectivity index (χ4v) is 11.8. The lowest BCUT2D eigenvalue weighted by molar-refractivity contribution is -0.140. The number of aromatic nitrogens is 2. The summed E-state index contributed by atoms with van der Waals surface area (Å²) < 4.78 is 36.4. The molecule has 3 saturated heterocycles. The number of hydrogen-bond acceptors (Lipinski definition) is 12. The number of ether oxygens (including phenoxy) is 1. The number of carbonyl (C=O) groups excluding carboxylic acids is 5. The number of benzene rings is 2. The van der Waals surface area contributed by atoms with Crippen molar-refractivity contribution in [2.45, 2.75) is 114 Å². The minimum Gasteiger partial charge on any atom is -0.495 e. The van der Waals surface area contributed by atoms with E-state index in [1.807, 2.05) is 11.8 Å². The van der Waals surface area contributed by atoms with Gasteiger partial charge in [-0.2, -0.15) is 4.98 Å². The fourth-order valence-electron chi connectivity index (χ4n) is 11.8. The molecule has 66 heavy (non-hydrogen) atoms. The lowest BCUT2D eigenvalue weighted by Gasteiger charge is -2.59. The number of amides is 5. The van der Waals surface area contributed by atoms with Crippen molar-refractivity contribution >= 4 is 58.4 Å². The van der Waals surface area contributed by atoms with Gasteiger partial charge in [0.2, 0.25) is 29.6 Å². The highest BCUT2D eigenvalue weighted by atomic mass is 19.1. The highest BCUT2D eigenvalue weighted by molar-refractivity contribution is 6.04. The van der Waals surface area contributed by atoms with Crippen LogP contribution in [-0.4, -0.2) is 114 Å². The van der Waals surface area contributed by atoms with Crippen LogP contribution in [0.2, 0.25) is 0 Å². The van der Waals surface area contributed by atoms with E-state index in [1.54, 1.807) is 41.2 Å². The van der Waals surface area contributed by atoms with Gasteiger partial charge in [0, 0.05) is 74.6 Å². The summed E-state index contributed by atoms with van der Waals surface area (Å²) >= 11 is 0. The number of anilines is 5. The molecule has 1 aromatic heterocycles. The Morgan fingerprint density at radius 2 is 1.73 bits per heavy atom. The summed E-state index contributed by atoms with van der Waals surface area (Å²) in [5.41, 5.74) is 0.884. The maximum Gasteiger partial charge on any atom is 0.251 e. The van der Waals surface area contributed by atoms with E-state index < -0.39 is 34.9 Å². The zero-order chi connectivity index (χ0) is 46.5. The van der Waals surface area contributed by atoms with Gasteiger partial charge in [0.1, 0.15) is 29.1 Å². The number of imide groups is 1. The molecule has 9 rings (SSSR count). The summed E-state index contributed by atoms with van der Waals surface area (Å²) in [6, 6.07) is 7.47. The van der Waals surface area contributed by atoms with E-state index in [1.165, 1.54) is 19.2 Å². The minimum atomic E-state index is -1.08. The Labute approximate surface area is 382 Å². The first-order valence-corrected chi connectivity index (χ1v) is 23.4. The molecule has 3 atom stereocenters. The van der Waals surface area contributed by atoms with E-state index in [4.69, 9.17) is 9.72 Å². The third kappa shape index (κ3) is 8.40. The van der Waals surface area contributed by atoms with E-state index in [9.17, 15) is 29.1 Å². The zero-order valence-corrected chi connectivity index (χ0v) is 37.8. The third-order valence-electron chi connectivity index (χ3n) is 15.2. The smallest absolute Gasteiger partial charge is 0.251 e. The topological polar surface area (TPSA) is 190 Å². The first-order chi connectivity index (χ1) is 31.7. The second kappa shape index (κ2) is 18.1. The Balaban J connectivity index is 0.803. The molecule has 16 nitrogen and oxygen atoms in total. The number of likely N-dealkylation sites (tertiary alicyclic amines) is 1. The molecule has 1 spiro atoms. The molecular formula is C48H59F2N9O7. The Hall–Kier alpha value is -5.91. The number of nitrogens with zero attached hydrogens (tertiary/aromatic N) is 6. The number of piperidine rings is 2. The summed E-state index contributed by atoms with van der Waals surface area (Å²) in [4.78, 5) is 81.9. The molecule has 4 aliphatic heterocycles. The van der Waals surface area contributed by atoms with Gasteiger partial charge in [-0.3, -0.25) is 29.3 Å². The number of nitrogens with one attached hydrogen (secondary N) is 3. The molecule has 1 unspecified atom stereocenters. The fraction of sp³-hybridized carbons (Fsp3) is 0.562. The van der Waals surface area contributed by atoms with Crippen molar-refractivity contribution in [3.8, 4) is 5.75 Å². The van der Waals surface area contributed by atoms with Crippen LogP contribution in [0.25, 0.3) is 0 Å². The van der Waals surface area contributed by atoms with Gasteiger partial charge in [0.05, 0.1) is 30.8 Å². The second-order valence-electron chi connectivity index (χ2n) is 19.3. The molecule has 2 aliphatic carbocycles. The molecule has 0 radical (unpaired) electrons. The normalized spacial score (nSPS) is 23.7. The standard InChI is InChI=1S/C48H59F2N9O7/c1-4-36-45(65)56(2)37-24-51-46(54-41(37)59(36)30-7-5-6-8-30)52-35-11-9-28(21-38(35)66-3)42(62)55-48(16-20-60)26-47(27-48)14-18-57(19-15-47)44(64)29-13-17-58(25-29)31-22-33(49)40(34(50)23-31)32-10-12-39(61)53-43(32)63/h9,11,21-24,29-30,32,36,60H,4-8,10,12-20,25-27H2,1-3H3,(H,55,62)(H,51,52,54)(H,53,61,63)/t29-,32?,36-/m1/s1. The molecule has 4 N–H and O–H groups in total. The Morgan fingerprint density at radius 3 is 2.39 bits per heavy atom. The number of likely N-dealkylation sites (N-methyl/N-ethyl adjacent to an activating group) is 1. The molecule has 5 heterocycles. The van der Waals surface area contributed by atoms with Crippen LogP contribution in [0.15, 0.2) is 36.5 Å². The number of hydrogen-bond donors (Lipinski definition) is 4. The SMILES string of the molecule is CC[C@@H]1C(=O)N(C)c2cnc(Nc3ccc(C(=O)NC4(CCO)CC5(CCN(C(=O)[C@@H]6CCN(c7cc(F)c(C8CCC(=O)NC8=O)c(F)c7)C6)CC5)C4)cc3OC)nc2N1C1CCCC1. The lowest BCUT2D eigenvalue weighted by atomic mass is 9.52. The molecule has 2 aromatic carbocycles. The van der Waals surface area contributed by atoms with Crippen molar-refractivity contribution in [3.63, 3.8) is 0 Å². The maximum absolute atomic E-state index is 15.3. The largest absolute Gasteiger partial charge is 0.495 e. The first kappa shape index (κ1) is 45.3. The Kier molecular flexibility index (Phi) is 12.4. The van der Waals surface area contributed by atoms with Gasteiger partial charge < -0.3 is 40.1 Å². The molecule has 2 saturated carbocycles. The predicted molar refractivity (Wildman–Crippen MR) is 242 cm³/mol. The van der Waals surface area contributed by atoms with Gasteiger partial charge >= 0.3 is 0 Å². The highest BCUT2D eigenvalue weighted by Crippen LogP contribution is 2.56. The maximum atomic E-state index is 15.3. The van der Waals surface area contributed by atoms with Gasteiger partial charge in [0.25, 0.3) is 5.91 Å². The van der Waals surface area contributed by atoms with Crippen molar-refractivity contribution in [2.24, 2.45) is 11.3 Å². The number of aliphatic hydroxyl groups excluding tert-OH is 1.